The molecule has 0 atom stereocenters. The molecule has 0 saturated carbocycles. The Morgan fingerprint density at radius 3 is 2.56 bits per heavy atom. The molecule has 1 aliphatic heterocycles. The van der Waals surface area contributed by atoms with Crippen LogP contribution in [0.2, 0.25) is 5.02 Å². The van der Waals surface area contributed by atoms with Crippen LogP contribution in [0.25, 0.3) is 0 Å². The van der Waals surface area contributed by atoms with Gasteiger partial charge in [-0.1, -0.05) is 49.8 Å². The predicted octanol–water partition coefficient (Wildman–Crippen LogP) is 6.45. The van der Waals surface area contributed by atoms with Crippen LogP contribution in [0.3, 0.4) is 0 Å². The number of thiocarbonyl (C=S) groups is 1. The summed E-state index contributed by atoms with van der Waals surface area (Å²) in [7, 11) is 1.49. The largest absolute Gasteiger partial charge is 0.493 e. The molecule has 1 aliphatic rings. The molecule has 2 aromatic heterocycles. The smallest absolute Gasteiger partial charge is 0.417 e. The molecular weight excluding hydrogens is 614 g/mol. The number of methoxy groups -OCH3 is 1. The van der Waals surface area contributed by atoms with Crippen LogP contribution in [0.5, 0.6) is 11.5 Å². The van der Waals surface area contributed by atoms with Gasteiger partial charge < -0.3 is 24.8 Å². The minimum Gasteiger partial charge on any atom is -0.493 e. The van der Waals surface area contributed by atoms with Crippen LogP contribution in [-0.4, -0.2) is 57.7 Å². The summed E-state index contributed by atoms with van der Waals surface area (Å²) in [6.07, 6.45) is 4.68. The third-order valence-corrected chi connectivity index (χ3v) is 7.52. The number of hydrogen-bond donors (Lipinski definition) is 2. The second-order valence-corrected chi connectivity index (χ2v) is 12.9. The van der Waals surface area contributed by atoms with Crippen molar-refractivity contribution in [1.82, 2.24) is 20.2 Å². The molecule has 0 bridgehead atoms. The number of halogens is 1. The molecule has 0 saturated heterocycles. The Labute approximate surface area is 274 Å². The van der Waals surface area contributed by atoms with Gasteiger partial charge in [0.1, 0.15) is 16.3 Å². The van der Waals surface area contributed by atoms with E-state index < -0.39 is 17.6 Å². The summed E-state index contributed by atoms with van der Waals surface area (Å²) in [5.74, 6) is 0.383. The van der Waals surface area contributed by atoms with Gasteiger partial charge in [-0.15, -0.1) is 0 Å². The van der Waals surface area contributed by atoms with E-state index in [1.807, 2.05) is 24.3 Å². The van der Waals surface area contributed by atoms with Crippen molar-refractivity contribution >= 4 is 46.5 Å². The summed E-state index contributed by atoms with van der Waals surface area (Å²) in [6, 6.07) is 12.8. The minimum absolute atomic E-state index is 0.0969. The number of imide groups is 1. The maximum absolute atomic E-state index is 13.8. The van der Waals surface area contributed by atoms with Gasteiger partial charge in [-0.3, -0.25) is 14.8 Å². The standard InChI is InChI=1S/C33H38ClN5O5S/c1-32(2,3)44-31(41)39-17-14-23(27(30(39)40)29(45)38-24-11-9-10-22(34)28(24)42-6)37-18-21-13-16-35-19-25(21)43-20-33(4,5)26-12-7-8-15-36-26/h7-13,15-16,19,37H,14,17-18,20H2,1-6H3,(H,38,45). The fourth-order valence-corrected chi connectivity index (χ4v) is 5.17. The first-order valence-electron chi connectivity index (χ1n) is 14.4. The Kier molecular flexibility index (Phi) is 10.7. The average Bonchev–Trinajstić information content (AvgIpc) is 2.99. The topological polar surface area (TPSA) is 115 Å². The number of ether oxygens (including phenoxy) is 3. The van der Waals surface area contributed by atoms with Gasteiger partial charge in [0, 0.05) is 54.3 Å². The van der Waals surface area contributed by atoms with Crippen LogP contribution < -0.4 is 20.1 Å². The lowest BCUT2D eigenvalue weighted by Crippen LogP contribution is -2.47. The van der Waals surface area contributed by atoms with Crippen LogP contribution in [0.1, 0.15) is 52.3 Å². The van der Waals surface area contributed by atoms with E-state index in [9.17, 15) is 9.59 Å². The molecule has 4 rings (SSSR count). The summed E-state index contributed by atoms with van der Waals surface area (Å²) < 4.78 is 17.2. The molecule has 2 N–H and O–H groups in total. The fraction of sp³-hybridized carbons (Fsp3) is 0.364. The molecule has 1 aromatic carbocycles. The van der Waals surface area contributed by atoms with E-state index in [1.54, 1.807) is 57.6 Å². The van der Waals surface area contributed by atoms with Crippen molar-refractivity contribution in [2.75, 3.05) is 25.6 Å². The van der Waals surface area contributed by atoms with Gasteiger partial charge >= 0.3 is 6.09 Å². The number of para-hydroxylation sites is 1. The molecule has 0 spiro atoms. The number of carbonyl (C=O) groups is 2. The van der Waals surface area contributed by atoms with E-state index in [-0.39, 0.29) is 22.5 Å². The highest BCUT2D eigenvalue weighted by Crippen LogP contribution is 2.34. The zero-order valence-electron chi connectivity index (χ0n) is 26.3. The maximum Gasteiger partial charge on any atom is 0.417 e. The molecule has 3 aromatic rings. The van der Waals surface area contributed by atoms with Gasteiger partial charge in [-0.25, -0.2) is 9.69 Å². The van der Waals surface area contributed by atoms with E-state index in [1.165, 1.54) is 7.11 Å². The number of amides is 2. The third kappa shape index (κ3) is 8.49. The average molecular weight is 652 g/mol. The highest BCUT2D eigenvalue weighted by atomic mass is 35.5. The van der Waals surface area contributed by atoms with Gasteiger partial charge in [0.05, 0.1) is 36.2 Å². The summed E-state index contributed by atoms with van der Waals surface area (Å²) >= 11 is 12.1. The molecule has 12 heteroatoms. The number of anilines is 1. The Balaban J connectivity index is 1.60. The second-order valence-electron chi connectivity index (χ2n) is 12.0. The van der Waals surface area contributed by atoms with E-state index >= 15 is 0 Å². The van der Waals surface area contributed by atoms with Crippen molar-refractivity contribution in [2.24, 2.45) is 0 Å². The van der Waals surface area contributed by atoms with Crippen LogP contribution >= 0.6 is 23.8 Å². The molecular formula is C33H38ClN5O5S. The Bertz CT molecular complexity index is 1590. The zero-order chi connectivity index (χ0) is 32.8. The van der Waals surface area contributed by atoms with Gasteiger partial charge in [0.25, 0.3) is 5.91 Å². The normalized spacial score (nSPS) is 13.8. The molecule has 0 radical (unpaired) electrons. The number of nitrogens with zero attached hydrogens (tertiary/aromatic N) is 3. The predicted molar refractivity (Wildman–Crippen MR) is 178 cm³/mol. The van der Waals surface area contributed by atoms with Gasteiger partial charge in [-0.2, -0.15) is 0 Å². The molecule has 45 heavy (non-hydrogen) atoms. The molecule has 0 aliphatic carbocycles. The fourth-order valence-electron chi connectivity index (χ4n) is 4.60. The van der Waals surface area contributed by atoms with E-state index in [4.69, 9.17) is 38.0 Å². The van der Waals surface area contributed by atoms with Gasteiger partial charge in [0.2, 0.25) is 0 Å². The zero-order valence-corrected chi connectivity index (χ0v) is 27.8. The van der Waals surface area contributed by atoms with Gasteiger partial charge in [0.15, 0.2) is 5.75 Å². The number of carbonyl (C=O) groups excluding carboxylic acids is 2. The number of hydrogen-bond acceptors (Lipinski definition) is 9. The first-order chi connectivity index (χ1) is 21.3. The quantitative estimate of drug-likeness (QED) is 0.237. The van der Waals surface area contributed by atoms with Crippen LogP contribution in [0.4, 0.5) is 10.5 Å². The van der Waals surface area contributed by atoms with E-state index in [0.717, 1.165) is 16.2 Å². The Hall–Kier alpha value is -4.22. The molecule has 10 nitrogen and oxygen atoms in total. The van der Waals surface area contributed by atoms with Crippen molar-refractivity contribution in [3.8, 4) is 11.5 Å². The lowest BCUT2D eigenvalue weighted by Gasteiger charge is -2.32. The summed E-state index contributed by atoms with van der Waals surface area (Å²) in [5.41, 5.74) is 1.78. The van der Waals surface area contributed by atoms with Crippen molar-refractivity contribution in [3.05, 3.63) is 88.6 Å². The SMILES string of the molecule is COc1c(Cl)cccc1NC(=S)C1=C(NCc2ccncc2OCC(C)(C)c2ccccn2)CCN(C(=O)OC(C)(C)C)C1=O. The lowest BCUT2D eigenvalue weighted by atomic mass is 9.90. The van der Waals surface area contributed by atoms with Crippen molar-refractivity contribution in [3.63, 3.8) is 0 Å². The number of nitrogens with one attached hydrogen (secondary N) is 2. The highest BCUT2D eigenvalue weighted by molar-refractivity contribution is 7.81. The van der Waals surface area contributed by atoms with Crippen LogP contribution in [0, 0.1) is 0 Å². The molecule has 238 valence electrons. The van der Waals surface area contributed by atoms with Crippen LogP contribution in [-0.2, 0) is 21.5 Å². The summed E-state index contributed by atoms with van der Waals surface area (Å²) in [5, 5.41) is 6.84. The van der Waals surface area contributed by atoms with E-state index in [0.29, 0.717) is 47.5 Å². The molecule has 0 fully saturated rings. The number of pyridine rings is 2. The first kappa shape index (κ1) is 33.7. The first-order valence-corrected chi connectivity index (χ1v) is 15.2. The molecule has 0 unspecified atom stereocenters. The van der Waals surface area contributed by atoms with Gasteiger partial charge in [-0.05, 0) is 51.1 Å². The molecule has 3 heterocycles. The van der Waals surface area contributed by atoms with Crippen molar-refractivity contribution in [1.29, 1.82) is 0 Å². The monoisotopic (exact) mass is 651 g/mol. The maximum atomic E-state index is 13.8. The summed E-state index contributed by atoms with van der Waals surface area (Å²) in [6.45, 7) is 10.1. The Morgan fingerprint density at radius 1 is 1.09 bits per heavy atom. The van der Waals surface area contributed by atoms with Crippen LogP contribution in [0.15, 0.2) is 72.3 Å². The number of rotatable bonds is 10. The molecule has 2 amide bonds. The van der Waals surface area contributed by atoms with E-state index in [2.05, 4.69) is 34.4 Å². The summed E-state index contributed by atoms with van der Waals surface area (Å²) in [4.78, 5) is 36.7. The second kappa shape index (κ2) is 14.3. The van der Waals surface area contributed by atoms with Crippen molar-refractivity contribution < 1.29 is 23.8 Å². The minimum atomic E-state index is -0.782. The number of aromatic nitrogens is 2. The lowest BCUT2D eigenvalue weighted by molar-refractivity contribution is -0.126. The highest BCUT2D eigenvalue weighted by Gasteiger charge is 2.36. The van der Waals surface area contributed by atoms with Crippen molar-refractivity contribution in [2.45, 2.75) is 58.6 Å². The Morgan fingerprint density at radius 2 is 1.87 bits per heavy atom. The third-order valence-electron chi connectivity index (χ3n) is 6.92. The number of benzene rings is 1.